The number of alkyl halides is 3. The lowest BCUT2D eigenvalue weighted by molar-refractivity contribution is -0.142. The first-order valence-electron chi connectivity index (χ1n) is 11.0. The molecule has 196 valence electrons. The minimum Gasteiger partial charge on any atom is -0.416 e. The summed E-state index contributed by atoms with van der Waals surface area (Å²) in [7, 11) is -3.11. The van der Waals surface area contributed by atoms with Crippen LogP contribution in [-0.2, 0) is 21.5 Å². The molecular weight excluding hydrogens is 513 g/mol. The van der Waals surface area contributed by atoms with Crippen LogP contribution in [0.4, 0.5) is 18.9 Å². The fraction of sp³-hybridized carbons (Fsp3) is 0.348. The highest BCUT2D eigenvalue weighted by Gasteiger charge is 2.39. The Morgan fingerprint density at radius 3 is 2.38 bits per heavy atom. The second-order valence-electron chi connectivity index (χ2n) is 8.88. The summed E-state index contributed by atoms with van der Waals surface area (Å²) < 4.78 is 66.0. The maximum absolute atomic E-state index is 13.5. The topological polar surface area (TPSA) is 151 Å². The minimum absolute atomic E-state index is 0.106. The third-order valence-electron chi connectivity index (χ3n) is 6.01. The zero-order valence-electron chi connectivity index (χ0n) is 20.0. The normalized spacial score (nSPS) is 16.4. The van der Waals surface area contributed by atoms with Crippen LogP contribution in [-0.4, -0.2) is 41.9 Å². The molecule has 1 aromatic carbocycles. The number of hydrogen-bond acceptors (Lipinski definition) is 9. The summed E-state index contributed by atoms with van der Waals surface area (Å²) in [5.41, 5.74) is -2.66. The Balaban J connectivity index is 1.73. The van der Waals surface area contributed by atoms with Gasteiger partial charge in [-0.2, -0.15) is 13.2 Å². The molecule has 0 aliphatic heterocycles. The second-order valence-corrected chi connectivity index (χ2v) is 11.0. The van der Waals surface area contributed by atoms with Gasteiger partial charge in [0.05, 0.1) is 15.4 Å². The van der Waals surface area contributed by atoms with Crippen LogP contribution in [0.1, 0.15) is 52.1 Å². The number of aromatic nitrogens is 4. The highest BCUT2D eigenvalue weighted by Crippen LogP contribution is 2.41. The van der Waals surface area contributed by atoms with Crippen LogP contribution in [0.3, 0.4) is 0 Å². The van der Waals surface area contributed by atoms with E-state index in [1.807, 2.05) is 0 Å². The molecule has 0 bridgehead atoms. The number of halogens is 3. The van der Waals surface area contributed by atoms with Crippen molar-refractivity contribution in [2.75, 3.05) is 11.6 Å². The largest absolute Gasteiger partial charge is 0.435 e. The number of aryl methyl sites for hydroxylation is 1. The first-order chi connectivity index (χ1) is 17.2. The average Bonchev–Trinajstić information content (AvgIpc) is 2.77. The summed E-state index contributed by atoms with van der Waals surface area (Å²) in [5.74, 6) is -1.66. The Bertz CT molecular complexity index is 1490. The minimum atomic E-state index is -4.89. The molecule has 1 unspecified atom stereocenters. The predicted molar refractivity (Wildman–Crippen MR) is 126 cm³/mol. The van der Waals surface area contributed by atoms with Crippen LogP contribution >= 0.6 is 0 Å². The van der Waals surface area contributed by atoms with Crippen LogP contribution in [0.25, 0.3) is 0 Å². The van der Waals surface area contributed by atoms with E-state index in [9.17, 15) is 27.3 Å². The third kappa shape index (κ3) is 5.39. The Hall–Kier alpha value is -3.65. The van der Waals surface area contributed by atoms with Gasteiger partial charge in [0.2, 0.25) is 5.88 Å². The summed E-state index contributed by atoms with van der Waals surface area (Å²) in [6, 6.07) is 7.17. The Morgan fingerprint density at radius 2 is 1.81 bits per heavy atom. The van der Waals surface area contributed by atoms with E-state index in [2.05, 4.69) is 25.7 Å². The van der Waals surface area contributed by atoms with Crippen LogP contribution in [0.2, 0.25) is 0 Å². The molecule has 1 atom stereocenters. The van der Waals surface area contributed by atoms with Crippen molar-refractivity contribution in [3.8, 4) is 11.8 Å². The van der Waals surface area contributed by atoms with Gasteiger partial charge in [0.25, 0.3) is 11.8 Å². The number of ether oxygens (including phenoxy) is 1. The highest BCUT2D eigenvalue weighted by atomic mass is 32.2. The lowest BCUT2D eigenvalue weighted by Crippen LogP contribution is -2.35. The number of nitrogens with one attached hydrogen (secondary N) is 2. The SMILES string of the molecule is Cc1cc(C2(O)CCC2)nnc1Oc1nnc(C(F)(F)F)c(C)c1C(=O)Nc1cccc(S(C)(=N)=O)c1. The average molecular weight is 537 g/mol. The first-order valence-corrected chi connectivity index (χ1v) is 13.0. The Morgan fingerprint density at radius 1 is 1.14 bits per heavy atom. The quantitative estimate of drug-likeness (QED) is 0.421. The number of carbonyl (C=O) groups is 1. The van der Waals surface area contributed by atoms with E-state index in [1.165, 1.54) is 30.5 Å². The molecule has 3 aromatic rings. The lowest BCUT2D eigenvalue weighted by Gasteiger charge is -2.35. The second kappa shape index (κ2) is 9.34. The van der Waals surface area contributed by atoms with Crippen molar-refractivity contribution >= 4 is 21.3 Å². The van der Waals surface area contributed by atoms with E-state index in [-0.39, 0.29) is 16.5 Å². The monoisotopic (exact) mass is 536 g/mol. The van der Waals surface area contributed by atoms with Gasteiger partial charge >= 0.3 is 6.18 Å². The molecule has 1 aliphatic carbocycles. The van der Waals surface area contributed by atoms with E-state index in [4.69, 9.17) is 9.52 Å². The number of aliphatic hydroxyl groups is 1. The number of carbonyl (C=O) groups excluding carboxylic acids is 1. The van der Waals surface area contributed by atoms with Gasteiger partial charge in [-0.1, -0.05) is 6.07 Å². The summed E-state index contributed by atoms with van der Waals surface area (Å²) in [6.45, 7) is 2.67. The molecule has 37 heavy (non-hydrogen) atoms. The Labute approximate surface area is 210 Å². The van der Waals surface area contributed by atoms with Crippen molar-refractivity contribution in [1.29, 1.82) is 4.78 Å². The molecule has 1 amide bonds. The smallest absolute Gasteiger partial charge is 0.416 e. The standard InChI is InChI=1S/C23H23F3N6O4S/c1-12-10-16(22(34)8-5-9-22)29-31-20(12)36-21-17(13(2)18(30-32-21)23(24,25)26)19(33)28-14-6-4-7-15(11-14)37(3,27)35/h4,6-7,10-11,27,34H,5,8-9H2,1-3H3,(H,28,33). The number of hydrogen-bond donors (Lipinski definition) is 3. The number of rotatable bonds is 6. The van der Waals surface area contributed by atoms with Crippen molar-refractivity contribution in [3.05, 3.63) is 58.4 Å². The van der Waals surface area contributed by atoms with Gasteiger partial charge in [0, 0.05) is 22.4 Å². The van der Waals surface area contributed by atoms with Crippen molar-refractivity contribution < 1.29 is 32.0 Å². The summed E-state index contributed by atoms with van der Waals surface area (Å²) in [6.07, 6.45) is -1.79. The molecule has 3 N–H and O–H groups in total. The molecule has 0 saturated heterocycles. The summed E-state index contributed by atoms with van der Waals surface area (Å²) >= 11 is 0. The summed E-state index contributed by atoms with van der Waals surface area (Å²) in [5, 5.41) is 27.6. The number of nitrogens with zero attached hydrogens (tertiary/aromatic N) is 4. The number of benzene rings is 1. The van der Waals surface area contributed by atoms with Crippen molar-refractivity contribution in [3.63, 3.8) is 0 Å². The van der Waals surface area contributed by atoms with Crippen molar-refractivity contribution in [1.82, 2.24) is 20.4 Å². The van der Waals surface area contributed by atoms with E-state index in [1.54, 1.807) is 13.0 Å². The molecule has 0 spiro atoms. The van der Waals surface area contributed by atoms with E-state index < -0.39 is 50.1 Å². The fourth-order valence-corrected chi connectivity index (χ4v) is 4.47. The maximum atomic E-state index is 13.5. The van der Waals surface area contributed by atoms with E-state index in [0.717, 1.165) is 13.3 Å². The number of anilines is 1. The zero-order chi connectivity index (χ0) is 27.2. The lowest BCUT2D eigenvalue weighted by atomic mass is 9.77. The molecule has 2 heterocycles. The summed E-state index contributed by atoms with van der Waals surface area (Å²) in [4.78, 5) is 13.3. The van der Waals surface area contributed by atoms with Crippen molar-refractivity contribution in [2.24, 2.45) is 0 Å². The first kappa shape index (κ1) is 26.4. The Kier molecular flexibility index (Phi) is 6.67. The molecule has 0 radical (unpaired) electrons. The van der Waals surface area contributed by atoms with E-state index >= 15 is 0 Å². The zero-order valence-corrected chi connectivity index (χ0v) is 20.8. The van der Waals surface area contributed by atoms with Gasteiger partial charge in [-0.15, -0.1) is 20.4 Å². The molecule has 1 aliphatic rings. The van der Waals surface area contributed by atoms with Crippen LogP contribution in [0.5, 0.6) is 11.8 Å². The molecule has 10 nitrogen and oxygen atoms in total. The molecule has 14 heteroatoms. The van der Waals surface area contributed by atoms with Gasteiger partial charge in [-0.05, 0) is 62.9 Å². The highest BCUT2D eigenvalue weighted by molar-refractivity contribution is 7.91. The van der Waals surface area contributed by atoms with Gasteiger partial charge in [-0.3, -0.25) is 4.79 Å². The molecule has 2 aromatic heterocycles. The number of amides is 1. The fourth-order valence-electron chi connectivity index (χ4n) is 3.78. The van der Waals surface area contributed by atoms with Gasteiger partial charge in [0.1, 0.15) is 11.2 Å². The maximum Gasteiger partial charge on any atom is 0.435 e. The molecule has 4 rings (SSSR count). The van der Waals surface area contributed by atoms with Crippen LogP contribution in [0, 0.1) is 18.6 Å². The molecular formula is C23H23F3N6O4S. The predicted octanol–water partition coefficient (Wildman–Crippen LogP) is 4.35. The third-order valence-corrected chi connectivity index (χ3v) is 7.17. The van der Waals surface area contributed by atoms with Gasteiger partial charge in [-0.25, -0.2) is 8.99 Å². The van der Waals surface area contributed by atoms with Gasteiger partial charge in [0.15, 0.2) is 5.69 Å². The van der Waals surface area contributed by atoms with Crippen LogP contribution in [0.15, 0.2) is 35.2 Å². The van der Waals surface area contributed by atoms with Crippen LogP contribution < -0.4 is 10.1 Å². The molecule has 1 saturated carbocycles. The van der Waals surface area contributed by atoms with E-state index in [0.29, 0.717) is 24.1 Å². The molecule has 1 fully saturated rings. The van der Waals surface area contributed by atoms with Gasteiger partial charge < -0.3 is 15.2 Å². The van der Waals surface area contributed by atoms with Crippen molar-refractivity contribution in [2.45, 2.75) is 49.8 Å².